The molecule has 0 fully saturated rings. The molecule has 9 heteroatoms. The Bertz CT molecular complexity index is 1410. The van der Waals surface area contributed by atoms with Gasteiger partial charge in [0.15, 0.2) is 0 Å². The second-order valence-electron chi connectivity index (χ2n) is 10.5. The normalized spacial score (nSPS) is 12.2. The molecule has 2 amide bonds. The molecule has 1 N–H and O–H groups in total. The molecule has 0 saturated carbocycles. The molecule has 3 rings (SSSR count). The van der Waals surface area contributed by atoms with E-state index in [0.29, 0.717) is 12.2 Å². The molecule has 1 atom stereocenters. The smallest absolute Gasteiger partial charge is 0.244 e. The highest BCUT2D eigenvalue weighted by atomic mass is 79.9. The summed E-state index contributed by atoms with van der Waals surface area (Å²) in [7, 11) is -3.82. The van der Waals surface area contributed by atoms with Crippen molar-refractivity contribution in [2.45, 2.75) is 46.7 Å². The molecule has 0 spiro atoms. The first kappa shape index (κ1) is 31.4. The van der Waals surface area contributed by atoms with Crippen LogP contribution in [0.2, 0.25) is 0 Å². The lowest BCUT2D eigenvalue weighted by Crippen LogP contribution is -2.53. The maximum absolute atomic E-state index is 14.2. The fourth-order valence-corrected chi connectivity index (χ4v) is 5.99. The summed E-state index contributed by atoms with van der Waals surface area (Å²) in [6.07, 6.45) is 1.38. The second-order valence-corrected chi connectivity index (χ2v) is 13.3. The van der Waals surface area contributed by atoms with E-state index in [2.05, 4.69) is 21.2 Å². The molecular formula is C31H38BrN3O4S. The topological polar surface area (TPSA) is 86.8 Å². The number of rotatable bonds is 12. The molecule has 0 radical (unpaired) electrons. The van der Waals surface area contributed by atoms with Gasteiger partial charge in [-0.3, -0.25) is 13.9 Å². The third-order valence-corrected chi connectivity index (χ3v) is 8.17. The van der Waals surface area contributed by atoms with E-state index >= 15 is 0 Å². The Labute approximate surface area is 246 Å². The van der Waals surface area contributed by atoms with E-state index < -0.39 is 28.5 Å². The summed E-state index contributed by atoms with van der Waals surface area (Å²) in [5.41, 5.74) is 3.67. The van der Waals surface area contributed by atoms with Crippen LogP contribution in [0.4, 0.5) is 5.69 Å². The molecule has 0 aliphatic carbocycles. The number of nitrogens with zero attached hydrogens (tertiary/aromatic N) is 2. The quantitative estimate of drug-likeness (QED) is 0.297. The molecule has 0 aliphatic rings. The Morgan fingerprint density at radius 1 is 0.900 bits per heavy atom. The summed E-state index contributed by atoms with van der Waals surface area (Å²) in [4.78, 5) is 29.4. The third-order valence-electron chi connectivity index (χ3n) is 6.57. The van der Waals surface area contributed by atoms with Gasteiger partial charge in [0.25, 0.3) is 0 Å². The lowest BCUT2D eigenvalue weighted by molar-refractivity contribution is -0.140. The molecule has 3 aromatic carbocycles. The number of para-hydroxylation sites is 1. The summed E-state index contributed by atoms with van der Waals surface area (Å²) in [5.74, 6) is -0.520. The van der Waals surface area contributed by atoms with Gasteiger partial charge in [0, 0.05) is 24.0 Å². The van der Waals surface area contributed by atoms with Crippen LogP contribution >= 0.6 is 15.9 Å². The minimum absolute atomic E-state index is 0.134. The van der Waals surface area contributed by atoms with Crippen molar-refractivity contribution in [3.63, 3.8) is 0 Å². The van der Waals surface area contributed by atoms with E-state index in [1.165, 1.54) is 4.90 Å². The number of hydrogen-bond acceptors (Lipinski definition) is 4. The van der Waals surface area contributed by atoms with Crippen LogP contribution in [0.1, 0.15) is 36.1 Å². The minimum Gasteiger partial charge on any atom is -0.354 e. The van der Waals surface area contributed by atoms with Crippen LogP contribution in [0, 0.1) is 19.8 Å². The molecule has 0 saturated heterocycles. The van der Waals surface area contributed by atoms with Crippen LogP contribution in [0.5, 0.6) is 0 Å². The summed E-state index contributed by atoms with van der Waals surface area (Å²) in [6, 6.07) is 21.7. The maximum Gasteiger partial charge on any atom is 0.244 e. The maximum atomic E-state index is 14.2. The monoisotopic (exact) mass is 627 g/mol. The summed E-state index contributed by atoms with van der Waals surface area (Å²) < 4.78 is 28.1. The SMILES string of the molecule is Cc1cccc(C)c1N(CC(=O)N(Cc1cccc(Br)c1)C(Cc1ccccc1)C(=O)NCC(C)C)S(C)(=O)=O. The van der Waals surface area contributed by atoms with Gasteiger partial charge in [-0.1, -0.05) is 90.4 Å². The zero-order valence-corrected chi connectivity index (χ0v) is 26.1. The molecule has 7 nitrogen and oxygen atoms in total. The van der Waals surface area contributed by atoms with Gasteiger partial charge in [-0.15, -0.1) is 0 Å². The largest absolute Gasteiger partial charge is 0.354 e. The van der Waals surface area contributed by atoms with Crippen molar-refractivity contribution in [3.05, 3.63) is 99.5 Å². The molecule has 0 aliphatic heterocycles. The number of amides is 2. The van der Waals surface area contributed by atoms with E-state index in [0.717, 1.165) is 37.3 Å². The van der Waals surface area contributed by atoms with E-state index in [-0.39, 0.29) is 24.8 Å². The first-order valence-electron chi connectivity index (χ1n) is 13.3. The van der Waals surface area contributed by atoms with Crippen LogP contribution in [0.15, 0.2) is 77.3 Å². The lowest BCUT2D eigenvalue weighted by atomic mass is 10.0. The van der Waals surface area contributed by atoms with E-state index in [1.807, 2.05) is 100 Å². The highest BCUT2D eigenvalue weighted by molar-refractivity contribution is 9.10. The first-order valence-corrected chi connectivity index (χ1v) is 15.9. The van der Waals surface area contributed by atoms with Crippen molar-refractivity contribution in [1.29, 1.82) is 0 Å². The number of nitrogens with one attached hydrogen (secondary N) is 1. The van der Waals surface area contributed by atoms with Crippen LogP contribution in [-0.4, -0.2) is 50.5 Å². The summed E-state index contributed by atoms with van der Waals surface area (Å²) in [5, 5.41) is 2.99. The van der Waals surface area contributed by atoms with E-state index in [1.54, 1.807) is 0 Å². The molecular weight excluding hydrogens is 590 g/mol. The van der Waals surface area contributed by atoms with Crippen molar-refractivity contribution in [1.82, 2.24) is 10.2 Å². The molecule has 40 heavy (non-hydrogen) atoms. The summed E-state index contributed by atoms with van der Waals surface area (Å²) in [6.45, 7) is 7.82. The number of carbonyl (C=O) groups is 2. The van der Waals surface area contributed by atoms with E-state index in [4.69, 9.17) is 0 Å². The molecule has 3 aromatic rings. The van der Waals surface area contributed by atoms with Crippen molar-refractivity contribution in [2.75, 3.05) is 23.7 Å². The average Bonchev–Trinajstić information content (AvgIpc) is 2.88. The Morgan fingerprint density at radius 3 is 2.08 bits per heavy atom. The third kappa shape index (κ3) is 8.66. The van der Waals surface area contributed by atoms with Crippen molar-refractivity contribution in [2.24, 2.45) is 5.92 Å². The fraction of sp³-hybridized carbons (Fsp3) is 0.355. The standard InChI is InChI=1S/C31H38BrN3O4S/c1-22(2)19-33-31(37)28(18-25-13-7-6-8-14-25)34(20-26-15-10-16-27(32)17-26)29(36)21-35(40(5,38)39)30-23(3)11-9-12-24(30)4/h6-17,22,28H,18-21H2,1-5H3,(H,33,37). The number of anilines is 1. The van der Waals surface area contributed by atoms with Crippen LogP contribution in [0.3, 0.4) is 0 Å². The van der Waals surface area contributed by atoms with Crippen molar-refractivity contribution >= 4 is 43.5 Å². The number of halogens is 1. The Hall–Kier alpha value is -3.17. The predicted octanol–water partition coefficient (Wildman–Crippen LogP) is 5.24. The summed E-state index contributed by atoms with van der Waals surface area (Å²) >= 11 is 3.49. The molecule has 0 aromatic heterocycles. The second kappa shape index (κ2) is 13.9. The number of hydrogen-bond donors (Lipinski definition) is 1. The zero-order chi connectivity index (χ0) is 29.4. The Morgan fingerprint density at radius 2 is 1.50 bits per heavy atom. The average molecular weight is 629 g/mol. The van der Waals surface area contributed by atoms with Gasteiger partial charge in [-0.2, -0.15) is 0 Å². The van der Waals surface area contributed by atoms with Crippen LogP contribution in [0.25, 0.3) is 0 Å². The van der Waals surface area contributed by atoms with Crippen LogP contribution < -0.4 is 9.62 Å². The van der Waals surface area contributed by atoms with E-state index in [9.17, 15) is 18.0 Å². The minimum atomic E-state index is -3.82. The number of sulfonamides is 1. The molecule has 1 unspecified atom stereocenters. The van der Waals surface area contributed by atoms with Crippen molar-refractivity contribution in [3.8, 4) is 0 Å². The van der Waals surface area contributed by atoms with Gasteiger partial charge < -0.3 is 10.2 Å². The first-order chi connectivity index (χ1) is 18.9. The molecule has 0 heterocycles. The van der Waals surface area contributed by atoms with Crippen molar-refractivity contribution < 1.29 is 18.0 Å². The highest BCUT2D eigenvalue weighted by Gasteiger charge is 2.33. The lowest BCUT2D eigenvalue weighted by Gasteiger charge is -2.34. The van der Waals surface area contributed by atoms with Gasteiger partial charge >= 0.3 is 0 Å². The van der Waals surface area contributed by atoms with Gasteiger partial charge in [-0.05, 0) is 54.2 Å². The Balaban J connectivity index is 2.08. The van der Waals surface area contributed by atoms with Gasteiger partial charge in [0.05, 0.1) is 11.9 Å². The van der Waals surface area contributed by atoms with Crippen LogP contribution in [-0.2, 0) is 32.6 Å². The zero-order valence-electron chi connectivity index (χ0n) is 23.7. The predicted molar refractivity (Wildman–Crippen MR) is 165 cm³/mol. The van der Waals surface area contributed by atoms with Gasteiger partial charge in [-0.25, -0.2) is 8.42 Å². The van der Waals surface area contributed by atoms with Gasteiger partial charge in [0.2, 0.25) is 21.8 Å². The highest BCUT2D eigenvalue weighted by Crippen LogP contribution is 2.27. The fourth-order valence-electron chi connectivity index (χ4n) is 4.58. The number of aryl methyl sites for hydroxylation is 2. The molecule has 214 valence electrons. The number of benzene rings is 3. The number of carbonyl (C=O) groups excluding carboxylic acids is 2. The van der Waals surface area contributed by atoms with Gasteiger partial charge in [0.1, 0.15) is 12.6 Å². The Kier molecular flexibility index (Phi) is 10.9. The molecule has 0 bridgehead atoms.